The maximum Gasteiger partial charge on any atom is 0.251 e. The van der Waals surface area contributed by atoms with Crippen LogP contribution in [0.25, 0.3) is 0 Å². The van der Waals surface area contributed by atoms with Crippen LogP contribution in [0.4, 0.5) is 0 Å². The average Bonchev–Trinajstić information content (AvgIpc) is 2.65. The van der Waals surface area contributed by atoms with Crippen LogP contribution in [-0.2, 0) is 0 Å². The van der Waals surface area contributed by atoms with Gasteiger partial charge in [-0.25, -0.2) is 0 Å². The van der Waals surface area contributed by atoms with E-state index in [-0.39, 0.29) is 11.9 Å². The van der Waals surface area contributed by atoms with Gasteiger partial charge in [-0.05, 0) is 75.2 Å². The molecular formula is C20H23N3O2. The minimum atomic E-state index is 0.00213. The summed E-state index contributed by atoms with van der Waals surface area (Å²) in [5.41, 5.74) is 1.62. The molecule has 1 N–H and O–H groups in total. The number of benzene rings is 1. The fraction of sp³-hybridized carbons (Fsp3) is 0.400. The summed E-state index contributed by atoms with van der Waals surface area (Å²) in [6.07, 6.45) is 4.09. The van der Waals surface area contributed by atoms with E-state index >= 15 is 0 Å². The summed E-state index contributed by atoms with van der Waals surface area (Å²) in [6, 6.07) is 11.4. The van der Waals surface area contributed by atoms with Crippen molar-refractivity contribution in [3.8, 4) is 11.5 Å². The summed E-state index contributed by atoms with van der Waals surface area (Å²) in [5.74, 6) is 2.02. The van der Waals surface area contributed by atoms with Crippen LogP contribution in [0.1, 0.15) is 28.9 Å². The lowest BCUT2D eigenvalue weighted by atomic mass is 9.84. The molecule has 3 aliphatic heterocycles. The summed E-state index contributed by atoms with van der Waals surface area (Å²) in [5, 5.41) is 3.21. The number of piperidine rings is 3. The van der Waals surface area contributed by atoms with E-state index in [0.29, 0.717) is 23.0 Å². The van der Waals surface area contributed by atoms with Crippen molar-refractivity contribution >= 4 is 5.91 Å². The van der Waals surface area contributed by atoms with Gasteiger partial charge in [-0.1, -0.05) is 0 Å². The highest BCUT2D eigenvalue weighted by molar-refractivity contribution is 5.94. The van der Waals surface area contributed by atoms with E-state index in [4.69, 9.17) is 4.74 Å². The predicted molar refractivity (Wildman–Crippen MR) is 95.9 cm³/mol. The molecule has 3 saturated heterocycles. The molecule has 130 valence electrons. The predicted octanol–water partition coefficient (Wildman–Crippen LogP) is 3.01. The van der Waals surface area contributed by atoms with E-state index in [9.17, 15) is 4.79 Å². The third kappa shape index (κ3) is 3.66. The third-order valence-corrected chi connectivity index (χ3v) is 5.21. The Labute approximate surface area is 148 Å². The van der Waals surface area contributed by atoms with Crippen molar-refractivity contribution in [1.82, 2.24) is 15.2 Å². The normalized spacial score (nSPS) is 24.8. The number of hydrogen-bond donors (Lipinski definition) is 1. The van der Waals surface area contributed by atoms with Gasteiger partial charge in [0.2, 0.25) is 0 Å². The van der Waals surface area contributed by atoms with Gasteiger partial charge < -0.3 is 15.0 Å². The van der Waals surface area contributed by atoms with Gasteiger partial charge in [0.1, 0.15) is 11.5 Å². The summed E-state index contributed by atoms with van der Waals surface area (Å²) in [4.78, 5) is 19.2. The van der Waals surface area contributed by atoms with Crippen LogP contribution in [0.15, 0.2) is 42.6 Å². The number of carbonyl (C=O) groups excluding carboxylic acids is 1. The minimum absolute atomic E-state index is 0.00213. The number of aromatic nitrogens is 1. The van der Waals surface area contributed by atoms with Crippen LogP contribution in [-0.4, -0.2) is 41.5 Å². The Morgan fingerprint density at radius 2 is 1.84 bits per heavy atom. The summed E-state index contributed by atoms with van der Waals surface area (Å²) < 4.78 is 5.76. The lowest BCUT2D eigenvalue weighted by Crippen LogP contribution is -2.57. The van der Waals surface area contributed by atoms with E-state index in [1.54, 1.807) is 6.20 Å². The minimum Gasteiger partial charge on any atom is -0.456 e. The highest BCUT2D eigenvalue weighted by Gasteiger charge is 2.34. The van der Waals surface area contributed by atoms with Gasteiger partial charge in [0.15, 0.2) is 0 Å². The zero-order valence-electron chi connectivity index (χ0n) is 14.4. The number of carbonyl (C=O) groups is 1. The molecule has 0 saturated carbocycles. The number of nitrogens with zero attached hydrogens (tertiary/aromatic N) is 2. The second kappa shape index (κ2) is 6.84. The molecule has 3 aliphatic rings. The molecule has 1 aromatic heterocycles. The summed E-state index contributed by atoms with van der Waals surface area (Å²) in [6.45, 7) is 5.28. The fourth-order valence-electron chi connectivity index (χ4n) is 3.71. The molecule has 1 amide bonds. The van der Waals surface area contributed by atoms with Crippen LogP contribution in [0.5, 0.6) is 11.5 Å². The highest BCUT2D eigenvalue weighted by Crippen LogP contribution is 2.28. The monoisotopic (exact) mass is 337 g/mol. The van der Waals surface area contributed by atoms with Crippen molar-refractivity contribution < 1.29 is 9.53 Å². The van der Waals surface area contributed by atoms with E-state index in [0.717, 1.165) is 12.2 Å². The quantitative estimate of drug-likeness (QED) is 0.932. The third-order valence-electron chi connectivity index (χ3n) is 5.21. The number of fused-ring (bicyclic) bond motifs is 3. The second-order valence-electron chi connectivity index (χ2n) is 6.98. The first kappa shape index (κ1) is 16.1. The molecule has 1 aromatic carbocycles. The Balaban J connectivity index is 1.38. The van der Waals surface area contributed by atoms with Gasteiger partial charge >= 0.3 is 0 Å². The SMILES string of the molecule is Cc1ccc(Oc2ccc(C(=O)NC3CN4CCC3CC4)cc2)cn1. The largest absolute Gasteiger partial charge is 0.456 e. The van der Waals surface area contributed by atoms with Crippen LogP contribution >= 0.6 is 0 Å². The van der Waals surface area contributed by atoms with E-state index in [2.05, 4.69) is 15.2 Å². The Hall–Kier alpha value is -2.40. The van der Waals surface area contributed by atoms with Crippen molar-refractivity contribution in [3.63, 3.8) is 0 Å². The number of nitrogens with one attached hydrogen (secondary N) is 1. The Morgan fingerprint density at radius 3 is 2.44 bits per heavy atom. The van der Waals surface area contributed by atoms with Crippen LogP contribution in [0, 0.1) is 12.8 Å². The van der Waals surface area contributed by atoms with Gasteiger partial charge in [-0.2, -0.15) is 0 Å². The molecule has 0 aliphatic carbocycles. The molecule has 5 heteroatoms. The maximum atomic E-state index is 12.5. The van der Waals surface area contributed by atoms with Crippen LogP contribution < -0.4 is 10.1 Å². The summed E-state index contributed by atoms with van der Waals surface area (Å²) in [7, 11) is 0. The number of pyridine rings is 1. The molecule has 2 aromatic rings. The number of ether oxygens (including phenoxy) is 1. The second-order valence-corrected chi connectivity index (χ2v) is 6.98. The molecule has 0 spiro atoms. The van der Waals surface area contributed by atoms with Gasteiger partial charge in [-0.15, -0.1) is 0 Å². The van der Waals surface area contributed by atoms with Gasteiger partial charge in [0.25, 0.3) is 5.91 Å². The lowest BCUT2D eigenvalue weighted by Gasteiger charge is -2.44. The van der Waals surface area contributed by atoms with E-state index in [1.165, 1.54) is 25.9 Å². The van der Waals surface area contributed by atoms with Gasteiger partial charge in [-0.3, -0.25) is 9.78 Å². The molecule has 25 heavy (non-hydrogen) atoms. The van der Waals surface area contributed by atoms with Gasteiger partial charge in [0.05, 0.1) is 6.20 Å². The van der Waals surface area contributed by atoms with E-state index in [1.807, 2.05) is 43.3 Å². The van der Waals surface area contributed by atoms with Crippen molar-refractivity contribution in [3.05, 3.63) is 53.9 Å². The molecule has 0 radical (unpaired) electrons. The Morgan fingerprint density at radius 1 is 1.12 bits per heavy atom. The molecule has 5 rings (SSSR count). The molecule has 1 unspecified atom stereocenters. The first-order chi connectivity index (χ1) is 12.2. The topological polar surface area (TPSA) is 54.5 Å². The fourth-order valence-corrected chi connectivity index (χ4v) is 3.71. The number of amides is 1. The van der Waals surface area contributed by atoms with Crippen molar-refractivity contribution in [1.29, 1.82) is 0 Å². The maximum absolute atomic E-state index is 12.5. The number of rotatable bonds is 4. The number of hydrogen-bond acceptors (Lipinski definition) is 4. The smallest absolute Gasteiger partial charge is 0.251 e. The zero-order chi connectivity index (χ0) is 17.2. The first-order valence-corrected chi connectivity index (χ1v) is 8.91. The lowest BCUT2D eigenvalue weighted by molar-refractivity contribution is 0.0620. The van der Waals surface area contributed by atoms with Crippen LogP contribution in [0.3, 0.4) is 0 Å². The van der Waals surface area contributed by atoms with Crippen molar-refractivity contribution in [2.75, 3.05) is 19.6 Å². The number of aryl methyl sites for hydroxylation is 1. The Kier molecular flexibility index (Phi) is 4.40. The molecule has 3 fully saturated rings. The van der Waals surface area contributed by atoms with Crippen molar-refractivity contribution in [2.24, 2.45) is 5.92 Å². The molecule has 1 atom stereocenters. The molecule has 4 heterocycles. The standard InChI is InChI=1S/C20H23N3O2/c1-14-2-5-18(12-21-14)25-17-6-3-16(4-7-17)20(24)22-19-13-23-10-8-15(19)9-11-23/h2-7,12,15,19H,8-11,13H2,1H3,(H,22,24). The highest BCUT2D eigenvalue weighted by atomic mass is 16.5. The van der Waals surface area contributed by atoms with Crippen molar-refractivity contribution in [2.45, 2.75) is 25.8 Å². The van der Waals surface area contributed by atoms with Crippen LogP contribution in [0.2, 0.25) is 0 Å². The first-order valence-electron chi connectivity index (χ1n) is 8.91. The molecular weight excluding hydrogens is 314 g/mol. The van der Waals surface area contributed by atoms with E-state index < -0.39 is 0 Å². The average molecular weight is 337 g/mol. The Bertz CT molecular complexity index is 735. The molecule has 2 bridgehead atoms. The van der Waals surface area contributed by atoms with Gasteiger partial charge in [0, 0.05) is 23.8 Å². The molecule has 5 nitrogen and oxygen atoms in total. The zero-order valence-corrected chi connectivity index (χ0v) is 14.4. The summed E-state index contributed by atoms with van der Waals surface area (Å²) >= 11 is 0.